The van der Waals surface area contributed by atoms with Crippen molar-refractivity contribution in [2.24, 2.45) is 0 Å². The molecule has 9 heteroatoms. The molecule has 0 amide bonds. The largest absolute Gasteiger partial charge is 0.492 e. The number of rotatable bonds is 5. The highest BCUT2D eigenvalue weighted by atomic mass is 35.5. The van der Waals surface area contributed by atoms with Crippen LogP contribution in [0.3, 0.4) is 0 Å². The molecule has 4 heterocycles. The van der Waals surface area contributed by atoms with Crippen molar-refractivity contribution >= 4 is 17.5 Å². The third-order valence-corrected chi connectivity index (χ3v) is 7.08. The Morgan fingerprint density at radius 3 is 2.43 bits per heavy atom. The molecule has 0 radical (unpaired) electrons. The molecular formula is C26H28ClN5O3. The first-order chi connectivity index (χ1) is 17.2. The van der Waals surface area contributed by atoms with E-state index in [4.69, 9.17) is 25.8 Å². The zero-order valence-electron chi connectivity index (χ0n) is 19.5. The van der Waals surface area contributed by atoms with Gasteiger partial charge in [0.05, 0.1) is 0 Å². The summed E-state index contributed by atoms with van der Waals surface area (Å²) in [5.41, 5.74) is 3.56. The zero-order chi connectivity index (χ0) is 23.6. The average Bonchev–Trinajstić information content (AvgIpc) is 3.23. The van der Waals surface area contributed by atoms with Gasteiger partial charge in [0.15, 0.2) is 11.5 Å². The van der Waals surface area contributed by atoms with Crippen molar-refractivity contribution in [2.45, 2.75) is 19.6 Å². The molecule has 6 rings (SSSR count). The zero-order valence-corrected chi connectivity index (χ0v) is 20.3. The highest BCUT2D eigenvalue weighted by Gasteiger charge is 2.22. The quantitative estimate of drug-likeness (QED) is 0.534. The smallest absolute Gasteiger partial charge is 0.231 e. The van der Waals surface area contributed by atoms with Gasteiger partial charge >= 0.3 is 0 Å². The second kappa shape index (κ2) is 9.89. The van der Waals surface area contributed by atoms with Gasteiger partial charge in [-0.15, -0.1) is 0 Å². The Hall–Kier alpha value is -3.07. The summed E-state index contributed by atoms with van der Waals surface area (Å²) < 4.78 is 17.1. The number of hydrogen-bond donors (Lipinski definition) is 0. The standard InChI is InChI=1S/C26H28ClN5O3/c27-22-14-25-24(34-18-35-25)13-20(22)16-31-10-11-33-23-3-2-19(12-21(23)17-31)15-30-6-8-32(9-7-30)26-28-4-1-5-29-26/h1-5,12-14H,6-11,15-18H2. The minimum Gasteiger partial charge on any atom is -0.492 e. The summed E-state index contributed by atoms with van der Waals surface area (Å²) in [5.74, 6) is 3.26. The van der Waals surface area contributed by atoms with Crippen LogP contribution in [0.2, 0.25) is 5.02 Å². The Morgan fingerprint density at radius 1 is 0.800 bits per heavy atom. The summed E-state index contributed by atoms with van der Waals surface area (Å²) >= 11 is 6.54. The van der Waals surface area contributed by atoms with Gasteiger partial charge in [0.25, 0.3) is 0 Å². The average molecular weight is 494 g/mol. The van der Waals surface area contributed by atoms with Crippen molar-refractivity contribution in [1.29, 1.82) is 0 Å². The van der Waals surface area contributed by atoms with E-state index >= 15 is 0 Å². The van der Waals surface area contributed by atoms with E-state index < -0.39 is 0 Å². The summed E-state index contributed by atoms with van der Waals surface area (Å²) in [5, 5.41) is 0.702. The van der Waals surface area contributed by atoms with Crippen molar-refractivity contribution in [3.05, 3.63) is 70.5 Å². The normalized spacial score (nSPS) is 18.1. The Balaban J connectivity index is 1.10. The molecule has 8 nitrogen and oxygen atoms in total. The molecule has 0 spiro atoms. The summed E-state index contributed by atoms with van der Waals surface area (Å²) in [6, 6.07) is 12.3. The molecule has 3 aliphatic rings. The highest BCUT2D eigenvalue weighted by Crippen LogP contribution is 2.37. The number of aromatic nitrogens is 2. The molecule has 182 valence electrons. The van der Waals surface area contributed by atoms with Gasteiger partial charge in [-0.1, -0.05) is 17.7 Å². The molecular weight excluding hydrogens is 466 g/mol. The van der Waals surface area contributed by atoms with Crippen molar-refractivity contribution in [2.75, 3.05) is 51.0 Å². The predicted molar refractivity (Wildman–Crippen MR) is 133 cm³/mol. The molecule has 0 bridgehead atoms. The van der Waals surface area contributed by atoms with Crippen LogP contribution in [-0.2, 0) is 19.6 Å². The minimum atomic E-state index is 0.248. The van der Waals surface area contributed by atoms with E-state index in [9.17, 15) is 0 Å². The van der Waals surface area contributed by atoms with Crippen LogP contribution in [0.5, 0.6) is 17.2 Å². The number of piperazine rings is 1. The monoisotopic (exact) mass is 493 g/mol. The fourth-order valence-electron chi connectivity index (χ4n) is 4.88. The number of hydrogen-bond acceptors (Lipinski definition) is 8. The maximum Gasteiger partial charge on any atom is 0.231 e. The fourth-order valence-corrected chi connectivity index (χ4v) is 5.09. The number of nitrogens with zero attached hydrogens (tertiary/aromatic N) is 5. The van der Waals surface area contributed by atoms with E-state index in [1.54, 1.807) is 12.4 Å². The molecule has 1 fully saturated rings. The van der Waals surface area contributed by atoms with Crippen LogP contribution < -0.4 is 19.1 Å². The molecule has 1 saturated heterocycles. The lowest BCUT2D eigenvalue weighted by Gasteiger charge is -2.34. The van der Waals surface area contributed by atoms with Gasteiger partial charge in [-0.05, 0) is 35.4 Å². The van der Waals surface area contributed by atoms with E-state index in [0.29, 0.717) is 17.4 Å². The third-order valence-electron chi connectivity index (χ3n) is 6.73. The topological polar surface area (TPSA) is 63.2 Å². The summed E-state index contributed by atoms with van der Waals surface area (Å²) in [7, 11) is 0. The van der Waals surface area contributed by atoms with Gasteiger partial charge in [0.2, 0.25) is 12.7 Å². The van der Waals surface area contributed by atoms with Crippen molar-refractivity contribution in [3.8, 4) is 17.2 Å². The van der Waals surface area contributed by atoms with Crippen LogP contribution in [0.15, 0.2) is 48.8 Å². The molecule has 0 atom stereocenters. The van der Waals surface area contributed by atoms with E-state index in [1.165, 1.54) is 11.1 Å². The molecule has 2 aromatic carbocycles. The Labute approximate surface area is 210 Å². The van der Waals surface area contributed by atoms with Gasteiger partial charge in [-0.3, -0.25) is 9.80 Å². The first kappa shape index (κ1) is 22.4. The van der Waals surface area contributed by atoms with Gasteiger partial charge in [0, 0.05) is 81.4 Å². The second-order valence-electron chi connectivity index (χ2n) is 9.11. The highest BCUT2D eigenvalue weighted by molar-refractivity contribution is 6.31. The van der Waals surface area contributed by atoms with Crippen LogP contribution >= 0.6 is 11.6 Å². The molecule has 0 aliphatic carbocycles. The van der Waals surface area contributed by atoms with Crippen LogP contribution in [0.4, 0.5) is 5.95 Å². The van der Waals surface area contributed by atoms with Crippen molar-refractivity contribution < 1.29 is 14.2 Å². The van der Waals surface area contributed by atoms with E-state index in [2.05, 4.69) is 42.9 Å². The minimum absolute atomic E-state index is 0.248. The third kappa shape index (κ3) is 5.00. The lowest BCUT2D eigenvalue weighted by atomic mass is 10.1. The van der Waals surface area contributed by atoms with Crippen LogP contribution in [0.25, 0.3) is 0 Å². The van der Waals surface area contributed by atoms with Crippen LogP contribution in [-0.4, -0.2) is 65.9 Å². The molecule has 35 heavy (non-hydrogen) atoms. The number of halogens is 1. The van der Waals surface area contributed by atoms with Crippen LogP contribution in [0, 0.1) is 0 Å². The van der Waals surface area contributed by atoms with Crippen molar-refractivity contribution in [3.63, 3.8) is 0 Å². The van der Waals surface area contributed by atoms with E-state index in [-0.39, 0.29) is 6.79 Å². The maximum atomic E-state index is 6.54. The Kier molecular flexibility index (Phi) is 6.33. The number of ether oxygens (including phenoxy) is 3. The Morgan fingerprint density at radius 2 is 1.60 bits per heavy atom. The predicted octanol–water partition coefficient (Wildman–Crippen LogP) is 3.58. The number of benzene rings is 2. The molecule has 0 unspecified atom stereocenters. The van der Waals surface area contributed by atoms with Gasteiger partial charge < -0.3 is 19.1 Å². The Bertz CT molecular complexity index is 1190. The van der Waals surface area contributed by atoms with Gasteiger partial charge in [-0.25, -0.2) is 9.97 Å². The van der Waals surface area contributed by atoms with E-state index in [0.717, 1.165) is 75.4 Å². The SMILES string of the molecule is Clc1cc2c(cc1CN1CCOc3ccc(CN4CCN(c5ncccn5)CC4)cc3C1)OCO2. The first-order valence-electron chi connectivity index (χ1n) is 12.0. The maximum absolute atomic E-state index is 6.54. The van der Waals surface area contributed by atoms with Crippen LogP contribution in [0.1, 0.15) is 16.7 Å². The molecule has 1 aromatic heterocycles. The summed E-state index contributed by atoms with van der Waals surface area (Å²) in [4.78, 5) is 15.9. The lowest BCUT2D eigenvalue weighted by molar-refractivity contribution is 0.174. The number of anilines is 1. The van der Waals surface area contributed by atoms with Gasteiger partial charge in [0.1, 0.15) is 12.4 Å². The molecule has 3 aliphatic heterocycles. The number of fused-ring (bicyclic) bond motifs is 2. The van der Waals surface area contributed by atoms with E-state index in [1.807, 2.05) is 18.2 Å². The first-order valence-corrected chi connectivity index (χ1v) is 12.4. The molecule has 3 aromatic rings. The summed E-state index contributed by atoms with van der Waals surface area (Å²) in [6.07, 6.45) is 3.60. The fraction of sp³-hybridized carbons (Fsp3) is 0.385. The summed E-state index contributed by atoms with van der Waals surface area (Å²) in [6.45, 7) is 8.03. The van der Waals surface area contributed by atoms with Crippen molar-refractivity contribution in [1.82, 2.24) is 19.8 Å². The molecule has 0 saturated carbocycles. The lowest BCUT2D eigenvalue weighted by Crippen LogP contribution is -2.46. The second-order valence-corrected chi connectivity index (χ2v) is 9.52. The molecule has 0 N–H and O–H groups in total. The van der Waals surface area contributed by atoms with Gasteiger partial charge in [-0.2, -0.15) is 0 Å².